The van der Waals surface area contributed by atoms with E-state index < -0.39 is 0 Å². The molecule has 0 amide bonds. The van der Waals surface area contributed by atoms with Crippen molar-refractivity contribution >= 4 is 5.95 Å². The van der Waals surface area contributed by atoms with Gasteiger partial charge < -0.3 is 4.90 Å². The molecule has 0 aromatic carbocycles. The normalized spacial score (nSPS) is 10.7. The van der Waals surface area contributed by atoms with Crippen molar-refractivity contribution in [3.8, 4) is 0 Å². The summed E-state index contributed by atoms with van der Waals surface area (Å²) in [6.45, 7) is 8.82. The van der Waals surface area contributed by atoms with Crippen molar-refractivity contribution in [1.82, 2.24) is 9.97 Å². The molecule has 1 heterocycles. The molecule has 0 bridgehead atoms. The zero-order chi connectivity index (χ0) is 13.9. The highest BCUT2D eigenvalue weighted by molar-refractivity contribution is 5.29. The summed E-state index contributed by atoms with van der Waals surface area (Å²) in [5.41, 5.74) is 1.26. The van der Waals surface area contributed by atoms with Crippen LogP contribution in [0.4, 0.5) is 5.95 Å². The van der Waals surface area contributed by atoms with Crippen LogP contribution in [0.15, 0.2) is 12.4 Å². The molecule has 0 N–H and O–H groups in total. The van der Waals surface area contributed by atoms with E-state index in [1.165, 1.54) is 44.1 Å². The predicted octanol–water partition coefficient (Wildman–Crippen LogP) is 4.23. The maximum atomic E-state index is 4.55. The first-order valence-corrected chi connectivity index (χ1v) is 7.87. The van der Waals surface area contributed by atoms with Crippen LogP contribution in [0.3, 0.4) is 0 Å². The van der Waals surface area contributed by atoms with Crippen molar-refractivity contribution in [3.63, 3.8) is 0 Å². The van der Waals surface area contributed by atoms with Crippen LogP contribution in [-0.2, 0) is 6.42 Å². The van der Waals surface area contributed by atoms with Gasteiger partial charge in [-0.25, -0.2) is 9.97 Å². The van der Waals surface area contributed by atoms with Crippen molar-refractivity contribution in [2.24, 2.45) is 0 Å². The molecule has 0 atom stereocenters. The maximum Gasteiger partial charge on any atom is 0.225 e. The van der Waals surface area contributed by atoms with Gasteiger partial charge in [-0.3, -0.25) is 0 Å². The number of aryl methyl sites for hydroxylation is 1. The summed E-state index contributed by atoms with van der Waals surface area (Å²) in [6.07, 6.45) is 12.4. The summed E-state index contributed by atoms with van der Waals surface area (Å²) in [5.74, 6) is 0.905. The highest BCUT2D eigenvalue weighted by Crippen LogP contribution is 2.11. The van der Waals surface area contributed by atoms with Crippen LogP contribution in [0.5, 0.6) is 0 Å². The minimum atomic E-state index is 0.905. The largest absolute Gasteiger partial charge is 0.341 e. The lowest BCUT2D eigenvalue weighted by Crippen LogP contribution is -2.27. The molecule has 0 aliphatic rings. The topological polar surface area (TPSA) is 29.0 Å². The first-order valence-electron chi connectivity index (χ1n) is 7.87. The number of rotatable bonds is 10. The fraction of sp³-hybridized carbons (Fsp3) is 0.750. The fourth-order valence-corrected chi connectivity index (χ4v) is 2.03. The van der Waals surface area contributed by atoms with Gasteiger partial charge in [0.05, 0.1) is 0 Å². The Morgan fingerprint density at radius 1 is 0.842 bits per heavy atom. The summed E-state index contributed by atoms with van der Waals surface area (Å²) in [4.78, 5) is 11.4. The van der Waals surface area contributed by atoms with Crippen molar-refractivity contribution in [1.29, 1.82) is 0 Å². The third-order valence-electron chi connectivity index (χ3n) is 3.36. The lowest BCUT2D eigenvalue weighted by molar-refractivity contribution is 0.661. The van der Waals surface area contributed by atoms with Gasteiger partial charge in [-0.15, -0.1) is 0 Å². The molecular weight excluding hydrogens is 234 g/mol. The molecule has 0 aliphatic carbocycles. The molecule has 1 rings (SSSR count). The van der Waals surface area contributed by atoms with Crippen LogP contribution in [-0.4, -0.2) is 23.1 Å². The first-order chi connectivity index (χ1) is 9.31. The molecule has 0 aliphatic heterocycles. The van der Waals surface area contributed by atoms with Gasteiger partial charge >= 0.3 is 0 Å². The van der Waals surface area contributed by atoms with Gasteiger partial charge in [0.15, 0.2) is 0 Å². The molecule has 0 saturated carbocycles. The number of hydrogen-bond donors (Lipinski definition) is 0. The van der Waals surface area contributed by atoms with Gasteiger partial charge in [0.1, 0.15) is 0 Å². The lowest BCUT2D eigenvalue weighted by Gasteiger charge is -2.22. The zero-order valence-electron chi connectivity index (χ0n) is 12.9. The average molecular weight is 263 g/mol. The summed E-state index contributed by atoms with van der Waals surface area (Å²) in [6, 6.07) is 0. The zero-order valence-corrected chi connectivity index (χ0v) is 12.9. The van der Waals surface area contributed by atoms with E-state index >= 15 is 0 Å². The van der Waals surface area contributed by atoms with Crippen molar-refractivity contribution in [3.05, 3.63) is 18.0 Å². The van der Waals surface area contributed by atoms with Crippen LogP contribution in [0.25, 0.3) is 0 Å². The van der Waals surface area contributed by atoms with Gasteiger partial charge in [0.25, 0.3) is 0 Å². The van der Waals surface area contributed by atoms with Gasteiger partial charge in [-0.2, -0.15) is 0 Å². The van der Waals surface area contributed by atoms with E-state index in [0.29, 0.717) is 0 Å². The van der Waals surface area contributed by atoms with E-state index in [1.807, 2.05) is 12.4 Å². The minimum Gasteiger partial charge on any atom is -0.341 e. The van der Waals surface area contributed by atoms with Crippen LogP contribution in [0.2, 0.25) is 0 Å². The number of nitrogens with zero attached hydrogens (tertiary/aromatic N) is 3. The molecular formula is C16H29N3. The smallest absolute Gasteiger partial charge is 0.225 e. The van der Waals surface area contributed by atoms with E-state index in [4.69, 9.17) is 0 Å². The summed E-state index contributed by atoms with van der Waals surface area (Å²) in [5, 5.41) is 0. The molecule has 3 nitrogen and oxygen atoms in total. The fourth-order valence-electron chi connectivity index (χ4n) is 2.03. The molecule has 19 heavy (non-hydrogen) atoms. The van der Waals surface area contributed by atoms with E-state index in [2.05, 4.69) is 35.6 Å². The average Bonchev–Trinajstić information content (AvgIpc) is 2.46. The number of unbranched alkanes of at least 4 members (excludes halogenated alkanes) is 3. The second-order valence-electron chi connectivity index (χ2n) is 5.19. The van der Waals surface area contributed by atoms with E-state index in [9.17, 15) is 0 Å². The highest BCUT2D eigenvalue weighted by Gasteiger charge is 2.08. The Hall–Kier alpha value is -1.12. The Kier molecular flexibility index (Phi) is 8.19. The Bertz CT molecular complexity index is 313. The van der Waals surface area contributed by atoms with E-state index in [-0.39, 0.29) is 0 Å². The summed E-state index contributed by atoms with van der Waals surface area (Å²) in [7, 11) is 0. The molecule has 0 spiro atoms. The molecule has 1 aromatic rings. The monoisotopic (exact) mass is 263 g/mol. The third kappa shape index (κ3) is 6.04. The predicted molar refractivity (Wildman–Crippen MR) is 82.7 cm³/mol. The van der Waals surface area contributed by atoms with E-state index in [0.717, 1.165) is 25.5 Å². The van der Waals surface area contributed by atoms with Crippen LogP contribution in [0.1, 0.15) is 64.9 Å². The number of anilines is 1. The standard InChI is InChI=1S/C16H29N3/c1-4-7-10-15-13-17-16(18-14-15)19(11-8-5-2)12-9-6-3/h13-14H,4-12H2,1-3H3. The van der Waals surface area contributed by atoms with Crippen LogP contribution >= 0.6 is 0 Å². The SMILES string of the molecule is CCCCc1cnc(N(CCCC)CCCC)nc1. The molecule has 3 heteroatoms. The molecule has 1 aromatic heterocycles. The number of hydrogen-bond acceptors (Lipinski definition) is 3. The Morgan fingerprint density at radius 3 is 1.84 bits per heavy atom. The third-order valence-corrected chi connectivity index (χ3v) is 3.36. The van der Waals surface area contributed by atoms with Gasteiger partial charge in [0.2, 0.25) is 5.95 Å². The first kappa shape index (κ1) is 15.9. The van der Waals surface area contributed by atoms with Gasteiger partial charge in [0, 0.05) is 25.5 Å². The second-order valence-corrected chi connectivity index (χ2v) is 5.19. The Balaban J connectivity index is 2.61. The van der Waals surface area contributed by atoms with Crippen LogP contribution in [0, 0.1) is 0 Å². The molecule has 0 radical (unpaired) electrons. The van der Waals surface area contributed by atoms with Gasteiger partial charge in [-0.05, 0) is 31.2 Å². The minimum absolute atomic E-state index is 0.905. The molecule has 0 unspecified atom stereocenters. The van der Waals surface area contributed by atoms with Crippen molar-refractivity contribution in [2.75, 3.05) is 18.0 Å². The van der Waals surface area contributed by atoms with Gasteiger partial charge in [-0.1, -0.05) is 40.0 Å². The number of aromatic nitrogens is 2. The van der Waals surface area contributed by atoms with Crippen molar-refractivity contribution in [2.45, 2.75) is 65.7 Å². The quantitative estimate of drug-likeness (QED) is 0.632. The summed E-state index contributed by atoms with van der Waals surface area (Å²) < 4.78 is 0. The molecule has 108 valence electrons. The van der Waals surface area contributed by atoms with Crippen molar-refractivity contribution < 1.29 is 0 Å². The van der Waals surface area contributed by atoms with E-state index in [1.54, 1.807) is 0 Å². The highest BCUT2D eigenvalue weighted by atomic mass is 15.2. The molecule has 0 saturated heterocycles. The summed E-state index contributed by atoms with van der Waals surface area (Å²) >= 11 is 0. The second kappa shape index (κ2) is 9.76. The Morgan fingerprint density at radius 2 is 1.37 bits per heavy atom. The maximum absolute atomic E-state index is 4.55. The lowest BCUT2D eigenvalue weighted by atomic mass is 10.1. The van der Waals surface area contributed by atoms with Crippen LogP contribution < -0.4 is 4.90 Å². The molecule has 0 fully saturated rings. The Labute approximate surface area is 118 Å².